The highest BCUT2D eigenvalue weighted by atomic mass is 16.4. The third kappa shape index (κ3) is 2.89. The first kappa shape index (κ1) is 14.3. The summed E-state index contributed by atoms with van der Waals surface area (Å²) >= 11 is 0. The Balaban J connectivity index is 2.08. The molecule has 2 N–H and O–H groups in total. The summed E-state index contributed by atoms with van der Waals surface area (Å²) < 4.78 is 2.00. The maximum Gasteiger partial charge on any atom is 0.331 e. The van der Waals surface area contributed by atoms with Crippen LogP contribution in [0.4, 0.5) is 0 Å². The lowest BCUT2D eigenvalue weighted by molar-refractivity contribution is -0.133. The fraction of sp³-hybridized carbons (Fsp3) is 0.500. The van der Waals surface area contributed by atoms with Crippen LogP contribution in [0.15, 0.2) is 29.9 Å². The number of amides is 1. The summed E-state index contributed by atoms with van der Waals surface area (Å²) in [6.07, 6.45) is 8.28. The summed E-state index contributed by atoms with van der Waals surface area (Å²) in [5.41, 5.74) is 0.341. The molecule has 2 unspecified atom stereocenters. The standard InChI is InChI=1S/C14H19N3O3/c1-9(10(2)14(19)20)13(18)16-11-4-3-5-12(11)17-7-6-15-8-17/h6-8,11-12H,3-5H2,1-2H3,(H,16,18)(H,19,20). The fourth-order valence-corrected chi connectivity index (χ4v) is 2.54. The van der Waals surface area contributed by atoms with E-state index in [0.717, 1.165) is 19.3 Å². The third-order valence-corrected chi connectivity index (χ3v) is 3.93. The number of nitrogens with zero attached hydrogens (tertiary/aromatic N) is 2. The molecule has 1 heterocycles. The van der Waals surface area contributed by atoms with Gasteiger partial charge in [-0.25, -0.2) is 9.78 Å². The largest absolute Gasteiger partial charge is 0.478 e. The van der Waals surface area contributed by atoms with Crippen molar-refractivity contribution in [3.63, 3.8) is 0 Å². The number of aromatic nitrogens is 2. The number of rotatable bonds is 4. The van der Waals surface area contributed by atoms with Crippen LogP contribution in [0, 0.1) is 0 Å². The fourth-order valence-electron chi connectivity index (χ4n) is 2.54. The number of nitrogens with one attached hydrogen (secondary N) is 1. The molecule has 2 atom stereocenters. The molecule has 0 aromatic carbocycles. The van der Waals surface area contributed by atoms with E-state index in [1.807, 2.05) is 10.8 Å². The van der Waals surface area contributed by atoms with Gasteiger partial charge in [0, 0.05) is 29.6 Å². The van der Waals surface area contributed by atoms with Crippen molar-refractivity contribution in [3.05, 3.63) is 29.9 Å². The molecule has 1 saturated carbocycles. The van der Waals surface area contributed by atoms with Crippen molar-refractivity contribution in [2.45, 2.75) is 45.2 Å². The van der Waals surface area contributed by atoms with Gasteiger partial charge < -0.3 is 15.0 Å². The minimum atomic E-state index is -1.06. The van der Waals surface area contributed by atoms with Gasteiger partial charge in [0.15, 0.2) is 0 Å². The topological polar surface area (TPSA) is 84.2 Å². The van der Waals surface area contributed by atoms with Gasteiger partial charge >= 0.3 is 5.97 Å². The van der Waals surface area contributed by atoms with E-state index in [2.05, 4.69) is 10.3 Å². The second-order valence-corrected chi connectivity index (χ2v) is 5.14. The lowest BCUT2D eigenvalue weighted by Crippen LogP contribution is -2.39. The van der Waals surface area contributed by atoms with Gasteiger partial charge in [0.05, 0.1) is 12.4 Å². The zero-order valence-electron chi connectivity index (χ0n) is 11.7. The van der Waals surface area contributed by atoms with Gasteiger partial charge in [-0.2, -0.15) is 0 Å². The molecular weight excluding hydrogens is 258 g/mol. The predicted octanol–water partition coefficient (Wildman–Crippen LogP) is 1.51. The number of carboxylic acids is 1. The van der Waals surface area contributed by atoms with Gasteiger partial charge in [-0.3, -0.25) is 4.79 Å². The number of carbonyl (C=O) groups is 2. The van der Waals surface area contributed by atoms with E-state index in [1.54, 1.807) is 19.4 Å². The highest BCUT2D eigenvalue weighted by Crippen LogP contribution is 2.30. The quantitative estimate of drug-likeness (QED) is 0.817. The van der Waals surface area contributed by atoms with Crippen molar-refractivity contribution in [1.29, 1.82) is 0 Å². The molecule has 0 spiro atoms. The van der Waals surface area contributed by atoms with Crippen molar-refractivity contribution >= 4 is 11.9 Å². The maximum atomic E-state index is 12.1. The molecule has 1 aliphatic rings. The van der Waals surface area contributed by atoms with Crippen LogP contribution in [0.2, 0.25) is 0 Å². The van der Waals surface area contributed by atoms with Gasteiger partial charge in [0.1, 0.15) is 0 Å². The normalized spacial score (nSPS) is 23.3. The zero-order chi connectivity index (χ0) is 14.7. The van der Waals surface area contributed by atoms with E-state index in [0.29, 0.717) is 0 Å². The SMILES string of the molecule is CC(C(=O)O)=C(C)C(=O)NC1CCCC1n1ccnc1. The van der Waals surface area contributed by atoms with Crippen LogP contribution in [-0.2, 0) is 9.59 Å². The molecule has 1 fully saturated rings. The van der Waals surface area contributed by atoms with Crippen molar-refractivity contribution in [3.8, 4) is 0 Å². The Bertz CT molecular complexity index is 534. The number of hydrogen-bond acceptors (Lipinski definition) is 3. The van der Waals surface area contributed by atoms with Gasteiger partial charge in [0.2, 0.25) is 5.91 Å². The number of aliphatic carboxylic acids is 1. The van der Waals surface area contributed by atoms with E-state index in [9.17, 15) is 9.59 Å². The third-order valence-electron chi connectivity index (χ3n) is 3.93. The molecule has 6 nitrogen and oxygen atoms in total. The number of carboxylic acid groups (broad SMARTS) is 1. The summed E-state index contributed by atoms with van der Waals surface area (Å²) in [7, 11) is 0. The van der Waals surface area contributed by atoms with Crippen LogP contribution in [0.3, 0.4) is 0 Å². The Kier molecular flexibility index (Phi) is 4.22. The van der Waals surface area contributed by atoms with E-state index in [4.69, 9.17) is 5.11 Å². The summed E-state index contributed by atoms with van der Waals surface area (Å²) in [6.45, 7) is 2.99. The average molecular weight is 277 g/mol. The highest BCUT2D eigenvalue weighted by molar-refractivity contribution is 6.01. The minimum Gasteiger partial charge on any atom is -0.478 e. The van der Waals surface area contributed by atoms with Crippen LogP contribution in [0.1, 0.15) is 39.2 Å². The summed E-state index contributed by atoms with van der Waals surface area (Å²) in [5, 5.41) is 11.9. The molecule has 2 rings (SSSR count). The van der Waals surface area contributed by atoms with Crippen LogP contribution >= 0.6 is 0 Å². The van der Waals surface area contributed by atoms with E-state index in [1.165, 1.54) is 6.92 Å². The molecule has 1 aromatic heterocycles. The zero-order valence-corrected chi connectivity index (χ0v) is 11.7. The number of imidazole rings is 1. The summed E-state index contributed by atoms with van der Waals surface area (Å²) in [4.78, 5) is 27.0. The smallest absolute Gasteiger partial charge is 0.331 e. The van der Waals surface area contributed by atoms with E-state index in [-0.39, 0.29) is 29.1 Å². The monoisotopic (exact) mass is 277 g/mol. The summed E-state index contributed by atoms with van der Waals surface area (Å²) in [6, 6.07) is 0.215. The Hall–Kier alpha value is -2.11. The van der Waals surface area contributed by atoms with E-state index >= 15 is 0 Å². The molecule has 1 aromatic rings. The minimum absolute atomic E-state index is 0.0215. The predicted molar refractivity (Wildman–Crippen MR) is 73.1 cm³/mol. The molecule has 6 heteroatoms. The second-order valence-electron chi connectivity index (χ2n) is 5.14. The summed E-state index contributed by atoms with van der Waals surface area (Å²) in [5.74, 6) is -1.36. The first-order chi connectivity index (χ1) is 9.50. The van der Waals surface area contributed by atoms with Crippen LogP contribution in [-0.4, -0.2) is 32.6 Å². The average Bonchev–Trinajstić information content (AvgIpc) is 3.06. The Morgan fingerprint density at radius 2 is 2.05 bits per heavy atom. The van der Waals surface area contributed by atoms with Gasteiger partial charge in [-0.15, -0.1) is 0 Å². The number of carbonyl (C=O) groups excluding carboxylic acids is 1. The molecule has 0 saturated heterocycles. The van der Waals surface area contributed by atoms with Crippen molar-refractivity contribution in [2.75, 3.05) is 0 Å². The molecule has 1 amide bonds. The molecular formula is C14H19N3O3. The lowest BCUT2D eigenvalue weighted by Gasteiger charge is -2.22. The Morgan fingerprint density at radius 1 is 1.30 bits per heavy atom. The molecule has 0 bridgehead atoms. The van der Waals surface area contributed by atoms with Gasteiger partial charge in [-0.1, -0.05) is 0 Å². The maximum absolute atomic E-state index is 12.1. The lowest BCUT2D eigenvalue weighted by atomic mass is 10.1. The van der Waals surface area contributed by atoms with Crippen LogP contribution in [0.25, 0.3) is 0 Å². The van der Waals surface area contributed by atoms with E-state index < -0.39 is 5.97 Å². The molecule has 108 valence electrons. The van der Waals surface area contributed by atoms with Crippen molar-refractivity contribution in [1.82, 2.24) is 14.9 Å². The highest BCUT2D eigenvalue weighted by Gasteiger charge is 2.30. The first-order valence-electron chi connectivity index (χ1n) is 6.69. The molecule has 1 aliphatic carbocycles. The first-order valence-corrected chi connectivity index (χ1v) is 6.69. The Labute approximate surface area is 117 Å². The van der Waals surface area contributed by atoms with Gasteiger partial charge in [0.25, 0.3) is 0 Å². The number of hydrogen-bond donors (Lipinski definition) is 2. The van der Waals surface area contributed by atoms with Crippen LogP contribution < -0.4 is 5.32 Å². The van der Waals surface area contributed by atoms with Crippen molar-refractivity contribution in [2.24, 2.45) is 0 Å². The molecule has 0 aliphatic heterocycles. The second kappa shape index (κ2) is 5.90. The molecule has 0 radical (unpaired) electrons. The van der Waals surface area contributed by atoms with Gasteiger partial charge in [-0.05, 0) is 33.1 Å². The molecule has 20 heavy (non-hydrogen) atoms. The van der Waals surface area contributed by atoms with Crippen molar-refractivity contribution < 1.29 is 14.7 Å². The Morgan fingerprint density at radius 3 is 2.65 bits per heavy atom. The van der Waals surface area contributed by atoms with Crippen LogP contribution in [0.5, 0.6) is 0 Å².